The highest BCUT2D eigenvalue weighted by molar-refractivity contribution is 7.11. The Balaban J connectivity index is 2.19. The van der Waals surface area contributed by atoms with Gasteiger partial charge in [-0.2, -0.15) is 0 Å². The van der Waals surface area contributed by atoms with E-state index in [0.717, 1.165) is 26.0 Å². The van der Waals surface area contributed by atoms with Crippen LogP contribution < -0.4 is 5.32 Å². The topological polar surface area (TPSA) is 34.1 Å². The minimum atomic E-state index is 0.209. The maximum atomic E-state index is 5.87. The van der Waals surface area contributed by atoms with Crippen LogP contribution >= 0.6 is 11.3 Å². The Hall–Kier alpha value is -0.450. The molecule has 2 rings (SSSR count). The monoisotopic (exact) mass is 282 g/mol. The molecular weight excluding hydrogens is 256 g/mol. The van der Waals surface area contributed by atoms with Gasteiger partial charge in [0.1, 0.15) is 11.1 Å². The Morgan fingerprint density at radius 1 is 1.47 bits per heavy atom. The van der Waals surface area contributed by atoms with Crippen LogP contribution in [0.4, 0.5) is 0 Å². The molecule has 4 heteroatoms. The molecule has 3 nitrogen and oxygen atoms in total. The number of aromatic nitrogens is 1. The standard InChI is InChI=1S/C15H26N2OS/c1-4-7-12(18-5-2)15-17-14-11(10-16-3)8-6-9-13(14)19-15/h11-12,16H,4-10H2,1-3H3. The quantitative estimate of drug-likeness (QED) is 0.828. The van der Waals surface area contributed by atoms with Crippen LogP contribution in [0.5, 0.6) is 0 Å². The molecule has 1 aromatic rings. The number of nitrogens with zero attached hydrogens (tertiary/aromatic N) is 1. The number of fused-ring (bicyclic) bond motifs is 1. The lowest BCUT2D eigenvalue weighted by Gasteiger charge is -2.20. The summed E-state index contributed by atoms with van der Waals surface area (Å²) in [7, 11) is 2.03. The molecule has 0 spiro atoms. The van der Waals surface area contributed by atoms with Crippen molar-refractivity contribution in [3.8, 4) is 0 Å². The normalized spacial score (nSPS) is 20.3. The van der Waals surface area contributed by atoms with Gasteiger partial charge in [0.2, 0.25) is 0 Å². The molecule has 0 bridgehead atoms. The number of rotatable bonds is 7. The molecule has 0 saturated heterocycles. The van der Waals surface area contributed by atoms with Crippen molar-refractivity contribution in [2.24, 2.45) is 0 Å². The number of nitrogens with one attached hydrogen (secondary N) is 1. The van der Waals surface area contributed by atoms with Gasteiger partial charge in [-0.05, 0) is 39.7 Å². The third kappa shape index (κ3) is 3.56. The summed E-state index contributed by atoms with van der Waals surface area (Å²) < 4.78 is 5.87. The molecule has 1 aliphatic carbocycles. The van der Waals surface area contributed by atoms with E-state index in [2.05, 4.69) is 19.2 Å². The molecule has 2 unspecified atom stereocenters. The first kappa shape index (κ1) is 14.9. The molecule has 1 aromatic heterocycles. The minimum Gasteiger partial charge on any atom is -0.371 e. The van der Waals surface area contributed by atoms with Gasteiger partial charge in [-0.3, -0.25) is 0 Å². The van der Waals surface area contributed by atoms with E-state index in [-0.39, 0.29) is 6.10 Å². The van der Waals surface area contributed by atoms with E-state index < -0.39 is 0 Å². The van der Waals surface area contributed by atoms with Crippen LogP contribution in [-0.4, -0.2) is 25.2 Å². The van der Waals surface area contributed by atoms with Gasteiger partial charge >= 0.3 is 0 Å². The molecule has 0 aliphatic heterocycles. The Labute approximate surface area is 120 Å². The lowest BCUT2D eigenvalue weighted by Crippen LogP contribution is -2.21. The van der Waals surface area contributed by atoms with Crippen LogP contribution in [0.1, 0.15) is 67.1 Å². The van der Waals surface area contributed by atoms with Gasteiger partial charge in [-0.1, -0.05) is 13.3 Å². The number of likely N-dealkylation sites (N-methyl/N-ethyl adjacent to an activating group) is 1. The van der Waals surface area contributed by atoms with Crippen molar-refractivity contribution < 1.29 is 4.74 Å². The van der Waals surface area contributed by atoms with E-state index in [9.17, 15) is 0 Å². The summed E-state index contributed by atoms with van der Waals surface area (Å²) in [6.07, 6.45) is 6.21. The van der Waals surface area contributed by atoms with Crippen molar-refractivity contribution in [1.82, 2.24) is 10.3 Å². The van der Waals surface area contributed by atoms with Gasteiger partial charge in [0.15, 0.2) is 0 Å². The SMILES string of the molecule is CCCC(OCC)c1nc2c(s1)CCCC2CNC. The Morgan fingerprint density at radius 3 is 3.00 bits per heavy atom. The summed E-state index contributed by atoms with van der Waals surface area (Å²) >= 11 is 1.89. The predicted molar refractivity (Wildman–Crippen MR) is 81.0 cm³/mol. The number of aryl methyl sites for hydroxylation is 1. The number of hydrogen-bond donors (Lipinski definition) is 1. The molecule has 0 amide bonds. The summed E-state index contributed by atoms with van der Waals surface area (Å²) in [4.78, 5) is 6.44. The second-order valence-electron chi connectivity index (χ2n) is 5.24. The zero-order valence-electron chi connectivity index (χ0n) is 12.4. The van der Waals surface area contributed by atoms with Crippen LogP contribution in [0.2, 0.25) is 0 Å². The fourth-order valence-corrected chi connectivity index (χ4v) is 4.13. The second kappa shape index (κ2) is 7.36. The van der Waals surface area contributed by atoms with E-state index in [0.29, 0.717) is 5.92 Å². The average molecular weight is 282 g/mol. The summed E-state index contributed by atoms with van der Waals surface area (Å²) in [5, 5.41) is 4.51. The van der Waals surface area contributed by atoms with Crippen molar-refractivity contribution in [1.29, 1.82) is 0 Å². The predicted octanol–water partition coefficient (Wildman–Crippen LogP) is 3.66. The third-order valence-electron chi connectivity index (χ3n) is 3.73. The van der Waals surface area contributed by atoms with Crippen molar-refractivity contribution in [2.75, 3.05) is 20.2 Å². The van der Waals surface area contributed by atoms with Gasteiger partial charge in [0.05, 0.1) is 5.69 Å². The molecule has 1 heterocycles. The molecule has 1 aliphatic rings. The number of ether oxygens (including phenoxy) is 1. The highest BCUT2D eigenvalue weighted by Gasteiger charge is 2.26. The van der Waals surface area contributed by atoms with E-state index >= 15 is 0 Å². The molecule has 0 radical (unpaired) electrons. The van der Waals surface area contributed by atoms with E-state index in [1.807, 2.05) is 18.4 Å². The maximum Gasteiger partial charge on any atom is 0.122 e. The highest BCUT2D eigenvalue weighted by Crippen LogP contribution is 2.37. The van der Waals surface area contributed by atoms with Gasteiger partial charge < -0.3 is 10.1 Å². The van der Waals surface area contributed by atoms with Crippen LogP contribution in [0, 0.1) is 0 Å². The molecule has 0 aromatic carbocycles. The number of hydrogen-bond acceptors (Lipinski definition) is 4. The van der Waals surface area contributed by atoms with E-state index in [1.165, 1.54) is 34.8 Å². The first-order chi connectivity index (χ1) is 9.30. The van der Waals surface area contributed by atoms with Gasteiger partial charge in [-0.25, -0.2) is 4.98 Å². The summed E-state index contributed by atoms with van der Waals surface area (Å²) in [5.74, 6) is 0.600. The van der Waals surface area contributed by atoms with Gasteiger partial charge in [0, 0.05) is 23.9 Å². The second-order valence-corrected chi connectivity index (χ2v) is 6.36. The van der Waals surface area contributed by atoms with E-state index in [1.54, 1.807) is 0 Å². The van der Waals surface area contributed by atoms with Crippen molar-refractivity contribution in [3.63, 3.8) is 0 Å². The molecular formula is C15H26N2OS. The lowest BCUT2D eigenvalue weighted by atomic mass is 9.91. The lowest BCUT2D eigenvalue weighted by molar-refractivity contribution is 0.0554. The van der Waals surface area contributed by atoms with E-state index in [4.69, 9.17) is 9.72 Å². The Morgan fingerprint density at radius 2 is 2.32 bits per heavy atom. The zero-order valence-corrected chi connectivity index (χ0v) is 13.2. The molecule has 1 N–H and O–H groups in total. The fraction of sp³-hybridized carbons (Fsp3) is 0.800. The maximum absolute atomic E-state index is 5.87. The minimum absolute atomic E-state index is 0.209. The van der Waals surface area contributed by atoms with Crippen LogP contribution in [0.3, 0.4) is 0 Å². The first-order valence-electron chi connectivity index (χ1n) is 7.55. The zero-order chi connectivity index (χ0) is 13.7. The molecule has 0 saturated carbocycles. The molecule has 2 atom stereocenters. The van der Waals surface area contributed by atoms with Crippen molar-refractivity contribution >= 4 is 11.3 Å². The molecule has 0 fully saturated rings. The van der Waals surface area contributed by atoms with Crippen LogP contribution in [0.25, 0.3) is 0 Å². The third-order valence-corrected chi connectivity index (χ3v) is 4.95. The average Bonchev–Trinajstić information content (AvgIpc) is 2.84. The highest BCUT2D eigenvalue weighted by atomic mass is 32.1. The van der Waals surface area contributed by atoms with Gasteiger partial charge in [-0.15, -0.1) is 11.3 Å². The summed E-state index contributed by atoms with van der Waals surface area (Å²) in [6.45, 7) is 6.10. The summed E-state index contributed by atoms with van der Waals surface area (Å²) in [5.41, 5.74) is 1.35. The molecule has 108 valence electrons. The fourth-order valence-electron chi connectivity index (χ4n) is 2.85. The van der Waals surface area contributed by atoms with Gasteiger partial charge in [0.25, 0.3) is 0 Å². The Bertz CT molecular complexity index is 385. The first-order valence-corrected chi connectivity index (χ1v) is 8.37. The largest absolute Gasteiger partial charge is 0.371 e. The number of thiazole rings is 1. The van der Waals surface area contributed by atoms with Crippen molar-refractivity contribution in [3.05, 3.63) is 15.6 Å². The Kier molecular flexibility index (Phi) is 5.79. The van der Waals surface area contributed by atoms with Crippen LogP contribution in [-0.2, 0) is 11.2 Å². The molecule has 19 heavy (non-hydrogen) atoms. The summed E-state index contributed by atoms with van der Waals surface area (Å²) in [6, 6.07) is 0. The van der Waals surface area contributed by atoms with Crippen LogP contribution in [0.15, 0.2) is 0 Å². The van der Waals surface area contributed by atoms with Crippen molar-refractivity contribution in [2.45, 2.75) is 58.0 Å². The smallest absolute Gasteiger partial charge is 0.122 e.